The summed E-state index contributed by atoms with van der Waals surface area (Å²) in [7, 11) is 0.529. The van der Waals surface area contributed by atoms with E-state index in [0.717, 1.165) is 77.2 Å². The van der Waals surface area contributed by atoms with Crippen molar-refractivity contribution >= 4 is 32.9 Å². The molecule has 1 aromatic heterocycles. The van der Waals surface area contributed by atoms with E-state index in [0.29, 0.717) is 30.5 Å². The monoisotopic (exact) mass is 658 g/mol. The van der Waals surface area contributed by atoms with Crippen molar-refractivity contribution in [3.8, 4) is 17.0 Å². The summed E-state index contributed by atoms with van der Waals surface area (Å²) in [6, 6.07) is 12.6. The van der Waals surface area contributed by atoms with Crippen LogP contribution in [0, 0.1) is 11.3 Å². The number of hydrogen-bond donors (Lipinski definition) is 1. The van der Waals surface area contributed by atoms with Crippen LogP contribution in [0.1, 0.15) is 104 Å². The molecule has 3 aliphatic heterocycles. The lowest BCUT2D eigenvalue weighted by molar-refractivity contribution is -0.143. The van der Waals surface area contributed by atoms with Crippen LogP contribution in [0.15, 0.2) is 36.4 Å². The summed E-state index contributed by atoms with van der Waals surface area (Å²) >= 11 is 0. The van der Waals surface area contributed by atoms with E-state index in [1.807, 2.05) is 18.2 Å². The van der Waals surface area contributed by atoms with Gasteiger partial charge in [0.1, 0.15) is 5.75 Å². The number of methoxy groups -OCH3 is 1. The van der Waals surface area contributed by atoms with Gasteiger partial charge in [0.05, 0.1) is 18.2 Å². The van der Waals surface area contributed by atoms with Gasteiger partial charge in [-0.05, 0) is 98.2 Å². The summed E-state index contributed by atoms with van der Waals surface area (Å²) in [5.74, 6) is 1.52. The van der Waals surface area contributed by atoms with Crippen LogP contribution in [-0.4, -0.2) is 67.3 Å². The Morgan fingerprint density at radius 2 is 1.70 bits per heavy atom. The molecule has 3 aromatic rings. The Bertz CT molecular complexity index is 1880. The summed E-state index contributed by atoms with van der Waals surface area (Å²) < 4.78 is 36.5. The molecule has 4 unspecified atom stereocenters. The van der Waals surface area contributed by atoms with Crippen LogP contribution in [0.25, 0.3) is 22.2 Å². The number of hydrogen-bond acceptors (Lipinski definition) is 5. The molecule has 4 fully saturated rings. The molecule has 2 aliphatic carbocycles. The van der Waals surface area contributed by atoms with Crippen molar-refractivity contribution in [2.45, 2.75) is 102 Å². The first kappa shape index (κ1) is 30.9. The maximum absolute atomic E-state index is 15.0. The Labute approximate surface area is 277 Å². The average Bonchev–Trinajstić information content (AvgIpc) is 3.64. The van der Waals surface area contributed by atoms with Gasteiger partial charge in [0, 0.05) is 60.7 Å². The van der Waals surface area contributed by atoms with E-state index in [9.17, 15) is 18.0 Å². The van der Waals surface area contributed by atoms with Gasteiger partial charge in [-0.2, -0.15) is 12.7 Å². The van der Waals surface area contributed by atoms with Gasteiger partial charge < -0.3 is 14.2 Å². The molecule has 0 radical (unpaired) electrons. The number of carbonyl (C=O) groups is 2. The highest BCUT2D eigenvalue weighted by Gasteiger charge is 2.65. The number of amides is 2. The highest BCUT2D eigenvalue weighted by Crippen LogP contribution is 2.67. The molecule has 0 spiro atoms. The first-order valence-electron chi connectivity index (χ1n) is 17.4. The Kier molecular flexibility index (Phi) is 7.30. The topological polar surface area (TPSA) is 101 Å². The minimum absolute atomic E-state index is 0.0877. The molecule has 8 rings (SSSR count). The SMILES string of the molecule is COc1ccc2c(c1)C1CC1(C(=O)N1C3CCC1CC(C)C3)Cn1c-2c(C2CCCCC2)c2ccc(C(=O)NS(=O)(=O)N(C)C)cc21. The van der Waals surface area contributed by atoms with Gasteiger partial charge >= 0.3 is 10.2 Å². The fourth-order valence-corrected chi connectivity index (χ4v) is 10.3. The molecule has 4 atom stereocenters. The van der Waals surface area contributed by atoms with Gasteiger partial charge in [-0.15, -0.1) is 0 Å². The molecule has 5 aliphatic rings. The van der Waals surface area contributed by atoms with E-state index in [1.54, 1.807) is 13.2 Å². The summed E-state index contributed by atoms with van der Waals surface area (Å²) in [5, 5.41) is 1.09. The van der Waals surface area contributed by atoms with Crippen LogP contribution >= 0.6 is 0 Å². The lowest BCUT2D eigenvalue weighted by atomic mass is 9.81. The average molecular weight is 659 g/mol. The molecule has 250 valence electrons. The maximum atomic E-state index is 15.0. The van der Waals surface area contributed by atoms with Gasteiger partial charge in [-0.3, -0.25) is 9.59 Å². The summed E-state index contributed by atoms with van der Waals surface area (Å²) in [6.45, 7) is 2.86. The van der Waals surface area contributed by atoms with Gasteiger partial charge in [0.25, 0.3) is 5.91 Å². The normalized spacial score (nSPS) is 28.4. The number of aromatic nitrogens is 1. The zero-order valence-electron chi connectivity index (χ0n) is 27.9. The molecule has 9 nitrogen and oxygen atoms in total. The number of benzene rings is 2. The van der Waals surface area contributed by atoms with Crippen molar-refractivity contribution < 1.29 is 22.7 Å². The smallest absolute Gasteiger partial charge is 0.303 e. The number of carbonyl (C=O) groups excluding carboxylic acids is 2. The summed E-state index contributed by atoms with van der Waals surface area (Å²) in [6.07, 6.45) is 10.9. The Hall–Kier alpha value is -3.37. The van der Waals surface area contributed by atoms with Crippen molar-refractivity contribution in [1.29, 1.82) is 0 Å². The summed E-state index contributed by atoms with van der Waals surface area (Å²) in [5.41, 5.74) is 5.39. The third-order valence-electron chi connectivity index (χ3n) is 12.1. The minimum atomic E-state index is -3.96. The second-order valence-electron chi connectivity index (χ2n) is 15.2. The van der Waals surface area contributed by atoms with E-state index >= 15 is 0 Å². The van der Waals surface area contributed by atoms with Gasteiger partial charge in [-0.1, -0.05) is 32.3 Å². The van der Waals surface area contributed by atoms with E-state index in [4.69, 9.17) is 4.74 Å². The van der Waals surface area contributed by atoms with Gasteiger partial charge in [-0.25, -0.2) is 4.72 Å². The Morgan fingerprint density at radius 3 is 2.38 bits per heavy atom. The molecule has 1 N–H and O–H groups in total. The molecule has 47 heavy (non-hydrogen) atoms. The van der Waals surface area contributed by atoms with E-state index in [1.165, 1.54) is 44.5 Å². The highest BCUT2D eigenvalue weighted by molar-refractivity contribution is 7.87. The molecular weight excluding hydrogens is 612 g/mol. The molecule has 2 saturated carbocycles. The largest absolute Gasteiger partial charge is 0.497 e. The van der Waals surface area contributed by atoms with E-state index in [2.05, 4.69) is 33.2 Å². The highest BCUT2D eigenvalue weighted by atomic mass is 32.2. The van der Waals surface area contributed by atoms with Crippen LogP contribution < -0.4 is 9.46 Å². The van der Waals surface area contributed by atoms with Crippen molar-refractivity contribution in [2.75, 3.05) is 21.2 Å². The lowest BCUT2D eigenvalue weighted by Gasteiger charge is -2.40. The summed E-state index contributed by atoms with van der Waals surface area (Å²) in [4.78, 5) is 30.7. The zero-order chi connectivity index (χ0) is 32.8. The lowest BCUT2D eigenvalue weighted by Crippen LogP contribution is -2.50. The van der Waals surface area contributed by atoms with Crippen LogP contribution in [0.3, 0.4) is 0 Å². The number of fused-ring (bicyclic) bond motifs is 9. The molecule has 2 saturated heterocycles. The molecule has 2 aromatic carbocycles. The first-order valence-corrected chi connectivity index (χ1v) is 18.9. The second-order valence-corrected chi connectivity index (χ2v) is 17.1. The predicted molar refractivity (Wildman–Crippen MR) is 182 cm³/mol. The van der Waals surface area contributed by atoms with Crippen LogP contribution in [0.4, 0.5) is 0 Å². The van der Waals surface area contributed by atoms with E-state index in [-0.39, 0.29) is 17.4 Å². The predicted octanol–water partition coefficient (Wildman–Crippen LogP) is 6.18. The molecule has 2 bridgehead atoms. The number of piperidine rings is 1. The standard InChI is InChI=1S/C37H46N4O5S/c1-22-16-25-11-12-26(17-22)41(25)36(43)37-20-31(37)30-19-27(46-4)13-15-28(30)34-33(23-8-6-5-7-9-23)29-14-10-24(18-32(29)40(34)21-37)35(42)38-47(44,45)39(2)3/h10,13-15,18-19,22-23,25-26,31H,5-9,11-12,16-17,20-21H2,1-4H3,(H,38,42). The van der Waals surface area contributed by atoms with Crippen molar-refractivity contribution in [2.24, 2.45) is 11.3 Å². The fraction of sp³-hybridized carbons (Fsp3) is 0.568. The van der Waals surface area contributed by atoms with Gasteiger partial charge in [0.15, 0.2) is 0 Å². The van der Waals surface area contributed by atoms with Crippen molar-refractivity contribution in [3.63, 3.8) is 0 Å². The van der Waals surface area contributed by atoms with Crippen molar-refractivity contribution in [3.05, 3.63) is 53.1 Å². The van der Waals surface area contributed by atoms with Crippen LogP contribution in [0.2, 0.25) is 0 Å². The maximum Gasteiger partial charge on any atom is 0.303 e. The molecule has 4 heterocycles. The van der Waals surface area contributed by atoms with Crippen LogP contribution in [-0.2, 0) is 21.5 Å². The van der Waals surface area contributed by atoms with Crippen molar-refractivity contribution in [1.82, 2.24) is 18.5 Å². The molecule has 2 amide bonds. The first-order chi connectivity index (χ1) is 22.5. The Balaban J connectivity index is 1.32. The quantitative estimate of drug-likeness (QED) is 0.341. The molecular formula is C37H46N4O5S. The minimum Gasteiger partial charge on any atom is -0.497 e. The van der Waals surface area contributed by atoms with Gasteiger partial charge in [0.2, 0.25) is 5.91 Å². The number of nitrogens with zero attached hydrogens (tertiary/aromatic N) is 3. The zero-order valence-corrected chi connectivity index (χ0v) is 28.7. The second kappa shape index (κ2) is 11.1. The third kappa shape index (κ3) is 4.84. The van der Waals surface area contributed by atoms with E-state index < -0.39 is 21.5 Å². The number of rotatable bonds is 6. The number of nitrogens with one attached hydrogen (secondary N) is 1. The third-order valence-corrected chi connectivity index (χ3v) is 13.5. The Morgan fingerprint density at radius 1 is 0.979 bits per heavy atom. The number of ether oxygens (including phenoxy) is 1. The van der Waals surface area contributed by atoms with Crippen LogP contribution in [0.5, 0.6) is 5.75 Å². The molecule has 10 heteroatoms. The fourth-order valence-electron chi connectivity index (χ4n) is 9.73.